The minimum absolute atomic E-state index is 0.130. The van der Waals surface area contributed by atoms with Gasteiger partial charge in [0, 0.05) is 19.7 Å². The highest BCUT2D eigenvalue weighted by Crippen LogP contribution is 2.33. The second-order valence-corrected chi connectivity index (χ2v) is 4.06. The quantitative estimate of drug-likeness (QED) is 0.504. The molecule has 0 saturated carbocycles. The molecule has 0 atom stereocenters. The van der Waals surface area contributed by atoms with Crippen molar-refractivity contribution in [3.05, 3.63) is 27.7 Å². The summed E-state index contributed by atoms with van der Waals surface area (Å²) in [5.74, 6) is 0. The van der Waals surface area contributed by atoms with E-state index in [2.05, 4.69) is 5.16 Å². The molecule has 84 valence electrons. The molecular weight excluding hydrogens is 249 g/mol. The van der Waals surface area contributed by atoms with E-state index in [-0.39, 0.29) is 5.71 Å². The highest BCUT2D eigenvalue weighted by Gasteiger charge is 2.13. The van der Waals surface area contributed by atoms with Crippen molar-refractivity contribution < 1.29 is 5.21 Å². The molecule has 6 heteroatoms. The lowest BCUT2D eigenvalue weighted by Crippen LogP contribution is -2.10. The molecule has 0 aliphatic rings. The predicted octanol–water partition coefficient (Wildman–Crippen LogP) is 2.76. The Kier molecular flexibility index (Phi) is 3.99. The van der Waals surface area contributed by atoms with Crippen LogP contribution in [-0.4, -0.2) is 25.0 Å². The first-order chi connectivity index (χ1) is 7.51. The smallest absolute Gasteiger partial charge is 0.186 e. The number of anilines is 1. The summed E-state index contributed by atoms with van der Waals surface area (Å²) in [5.41, 5.74) is 0.905. The third-order valence-electron chi connectivity index (χ3n) is 1.94. The van der Waals surface area contributed by atoms with Gasteiger partial charge in [0.2, 0.25) is 0 Å². The zero-order valence-corrected chi connectivity index (χ0v) is 10.2. The molecule has 0 aliphatic carbocycles. The maximum Gasteiger partial charge on any atom is 0.186 e. The number of nitriles is 1. The van der Waals surface area contributed by atoms with Crippen LogP contribution in [0.1, 0.15) is 5.56 Å². The van der Waals surface area contributed by atoms with Gasteiger partial charge in [-0.1, -0.05) is 28.4 Å². The molecule has 0 heterocycles. The lowest BCUT2D eigenvalue weighted by Gasteiger charge is -2.16. The summed E-state index contributed by atoms with van der Waals surface area (Å²) < 4.78 is 0. The van der Waals surface area contributed by atoms with Gasteiger partial charge in [-0.25, -0.2) is 0 Å². The first kappa shape index (κ1) is 12.6. The molecule has 0 fully saturated rings. The average Bonchev–Trinajstić information content (AvgIpc) is 2.17. The minimum Gasteiger partial charge on any atom is -0.410 e. The normalized spacial score (nSPS) is 11.1. The molecular formula is C10H9Cl2N3O. The zero-order chi connectivity index (χ0) is 12.3. The Balaban J connectivity index is 3.37. The Hall–Kier alpha value is -1.44. The van der Waals surface area contributed by atoms with E-state index in [0.717, 1.165) is 0 Å². The Morgan fingerprint density at radius 2 is 1.88 bits per heavy atom. The summed E-state index contributed by atoms with van der Waals surface area (Å²) in [6, 6.07) is 4.80. The highest BCUT2D eigenvalue weighted by molar-refractivity contribution is 6.40. The standard InChI is InChI=1S/C10H9Cl2N3O/c1-15(2)10-7(11)3-6(4-8(10)12)9(5-13)14-16/h3-4,16H,1-2H3/b14-9+. The molecule has 0 aliphatic heterocycles. The number of hydrogen-bond donors (Lipinski definition) is 1. The first-order valence-electron chi connectivity index (χ1n) is 4.30. The fourth-order valence-corrected chi connectivity index (χ4v) is 2.10. The minimum atomic E-state index is -0.130. The number of rotatable bonds is 2. The lowest BCUT2D eigenvalue weighted by atomic mass is 10.1. The molecule has 0 aromatic heterocycles. The maximum absolute atomic E-state index is 8.70. The predicted molar refractivity (Wildman–Crippen MR) is 64.7 cm³/mol. The molecule has 0 unspecified atom stereocenters. The van der Waals surface area contributed by atoms with Crippen molar-refractivity contribution in [1.29, 1.82) is 5.26 Å². The Morgan fingerprint density at radius 3 is 2.19 bits per heavy atom. The third kappa shape index (κ3) is 2.38. The summed E-state index contributed by atoms with van der Waals surface area (Å²) in [6.45, 7) is 0. The molecule has 0 saturated heterocycles. The van der Waals surface area contributed by atoms with Crippen molar-refractivity contribution in [2.24, 2.45) is 5.16 Å². The van der Waals surface area contributed by atoms with Crippen molar-refractivity contribution >= 4 is 34.6 Å². The van der Waals surface area contributed by atoms with E-state index >= 15 is 0 Å². The van der Waals surface area contributed by atoms with Crippen LogP contribution in [0.2, 0.25) is 10.0 Å². The second-order valence-electron chi connectivity index (χ2n) is 3.24. The van der Waals surface area contributed by atoms with Gasteiger partial charge in [-0.3, -0.25) is 0 Å². The molecule has 1 N–H and O–H groups in total. The Labute approximate surface area is 103 Å². The molecule has 0 amide bonds. The fraction of sp³-hybridized carbons (Fsp3) is 0.200. The number of oxime groups is 1. The van der Waals surface area contributed by atoms with Gasteiger partial charge < -0.3 is 10.1 Å². The zero-order valence-electron chi connectivity index (χ0n) is 8.70. The van der Waals surface area contributed by atoms with Crippen LogP contribution in [0.15, 0.2) is 17.3 Å². The van der Waals surface area contributed by atoms with Gasteiger partial charge in [-0.2, -0.15) is 5.26 Å². The summed E-state index contributed by atoms with van der Waals surface area (Å²) in [4.78, 5) is 1.76. The number of nitrogens with zero attached hydrogens (tertiary/aromatic N) is 3. The molecule has 16 heavy (non-hydrogen) atoms. The van der Waals surface area contributed by atoms with Gasteiger partial charge in [0.15, 0.2) is 5.71 Å². The summed E-state index contributed by atoms with van der Waals surface area (Å²) >= 11 is 12.0. The highest BCUT2D eigenvalue weighted by atomic mass is 35.5. The van der Waals surface area contributed by atoms with Crippen LogP contribution in [0.25, 0.3) is 0 Å². The molecule has 0 bridgehead atoms. The van der Waals surface area contributed by atoms with Crippen LogP contribution in [-0.2, 0) is 0 Å². The van der Waals surface area contributed by atoms with Gasteiger partial charge in [0.05, 0.1) is 15.7 Å². The van der Waals surface area contributed by atoms with E-state index in [0.29, 0.717) is 21.3 Å². The van der Waals surface area contributed by atoms with Crippen LogP contribution in [0.5, 0.6) is 0 Å². The molecule has 1 rings (SSSR count). The van der Waals surface area contributed by atoms with Gasteiger partial charge in [-0.05, 0) is 12.1 Å². The number of benzene rings is 1. The van der Waals surface area contributed by atoms with Crippen molar-refractivity contribution in [1.82, 2.24) is 0 Å². The van der Waals surface area contributed by atoms with Gasteiger partial charge >= 0.3 is 0 Å². The molecule has 1 aromatic carbocycles. The maximum atomic E-state index is 8.70. The van der Waals surface area contributed by atoms with E-state index < -0.39 is 0 Å². The van der Waals surface area contributed by atoms with Gasteiger partial charge in [0.1, 0.15) is 6.07 Å². The van der Waals surface area contributed by atoms with E-state index in [1.54, 1.807) is 25.1 Å². The van der Waals surface area contributed by atoms with E-state index in [4.69, 9.17) is 33.7 Å². The molecule has 0 radical (unpaired) electrons. The van der Waals surface area contributed by atoms with Crippen LogP contribution < -0.4 is 4.90 Å². The van der Waals surface area contributed by atoms with Crippen molar-refractivity contribution in [2.75, 3.05) is 19.0 Å². The van der Waals surface area contributed by atoms with Crippen LogP contribution in [0.4, 0.5) is 5.69 Å². The SMILES string of the molecule is CN(C)c1c(Cl)cc(/C(C#N)=N/O)cc1Cl. The Bertz CT molecular complexity index is 454. The number of halogens is 2. The summed E-state index contributed by atoms with van der Waals surface area (Å²) in [7, 11) is 3.61. The molecule has 4 nitrogen and oxygen atoms in total. The molecule has 0 spiro atoms. The van der Waals surface area contributed by atoms with Crippen molar-refractivity contribution in [3.8, 4) is 6.07 Å². The van der Waals surface area contributed by atoms with Gasteiger partial charge in [0.25, 0.3) is 0 Å². The van der Waals surface area contributed by atoms with E-state index in [1.165, 1.54) is 12.1 Å². The fourth-order valence-electron chi connectivity index (χ4n) is 1.27. The van der Waals surface area contributed by atoms with E-state index in [1.807, 2.05) is 0 Å². The summed E-state index contributed by atoms with van der Waals surface area (Å²) in [6.07, 6.45) is 0. The largest absolute Gasteiger partial charge is 0.410 e. The Morgan fingerprint density at radius 1 is 1.38 bits per heavy atom. The third-order valence-corrected chi connectivity index (χ3v) is 2.52. The van der Waals surface area contributed by atoms with Crippen molar-refractivity contribution in [3.63, 3.8) is 0 Å². The van der Waals surface area contributed by atoms with Crippen LogP contribution >= 0.6 is 23.2 Å². The second kappa shape index (κ2) is 5.06. The topological polar surface area (TPSA) is 59.6 Å². The number of hydrogen-bond acceptors (Lipinski definition) is 4. The van der Waals surface area contributed by atoms with E-state index in [9.17, 15) is 0 Å². The van der Waals surface area contributed by atoms with Crippen LogP contribution in [0, 0.1) is 11.3 Å². The monoisotopic (exact) mass is 257 g/mol. The van der Waals surface area contributed by atoms with Gasteiger partial charge in [-0.15, -0.1) is 0 Å². The lowest BCUT2D eigenvalue weighted by molar-refractivity contribution is 0.320. The summed E-state index contributed by atoms with van der Waals surface area (Å²) in [5, 5.41) is 21.0. The van der Waals surface area contributed by atoms with Crippen LogP contribution in [0.3, 0.4) is 0 Å². The molecule has 1 aromatic rings. The first-order valence-corrected chi connectivity index (χ1v) is 5.05. The van der Waals surface area contributed by atoms with Crippen molar-refractivity contribution in [2.45, 2.75) is 0 Å². The average molecular weight is 258 g/mol.